The average molecular weight is 245 g/mol. The fourth-order valence-electron chi connectivity index (χ4n) is 1.63. The molecule has 2 aromatic rings. The molecule has 2 rings (SSSR count). The van der Waals surface area contributed by atoms with E-state index in [-0.39, 0.29) is 5.91 Å². The molecule has 1 N–H and O–H groups in total. The van der Waals surface area contributed by atoms with Crippen molar-refractivity contribution in [3.05, 3.63) is 58.3 Å². The van der Waals surface area contributed by atoms with Crippen LogP contribution < -0.4 is 5.32 Å². The molecule has 0 aliphatic rings. The second-order valence-electron chi connectivity index (χ2n) is 3.86. The second-order valence-corrected chi connectivity index (χ2v) is 4.64. The molecule has 0 bridgehead atoms. The first-order valence-electron chi connectivity index (χ1n) is 5.70. The van der Waals surface area contributed by atoms with Gasteiger partial charge < -0.3 is 5.32 Å². The van der Waals surface area contributed by atoms with Gasteiger partial charge in [-0.1, -0.05) is 30.3 Å². The molecule has 1 aromatic heterocycles. The smallest absolute Gasteiger partial charge is 0.252 e. The van der Waals surface area contributed by atoms with Crippen LogP contribution in [0.2, 0.25) is 0 Å². The summed E-state index contributed by atoms with van der Waals surface area (Å²) in [5.74, 6) is 0.0271. The van der Waals surface area contributed by atoms with Gasteiger partial charge in [-0.15, -0.1) is 0 Å². The highest BCUT2D eigenvalue weighted by Crippen LogP contribution is 2.05. The summed E-state index contributed by atoms with van der Waals surface area (Å²) in [4.78, 5) is 11.6. The van der Waals surface area contributed by atoms with Crippen LogP contribution in [0.3, 0.4) is 0 Å². The molecule has 0 saturated heterocycles. The molecule has 2 nitrogen and oxygen atoms in total. The minimum Gasteiger partial charge on any atom is -0.352 e. The van der Waals surface area contributed by atoms with Crippen molar-refractivity contribution in [3.63, 3.8) is 0 Å². The number of rotatable bonds is 5. The lowest BCUT2D eigenvalue weighted by molar-refractivity contribution is 0.0953. The van der Waals surface area contributed by atoms with Gasteiger partial charge in [0.2, 0.25) is 0 Å². The van der Waals surface area contributed by atoms with Crippen LogP contribution >= 0.6 is 11.3 Å². The van der Waals surface area contributed by atoms with Crippen LogP contribution in [0, 0.1) is 0 Å². The van der Waals surface area contributed by atoms with E-state index in [9.17, 15) is 4.79 Å². The molecule has 0 unspecified atom stereocenters. The molecule has 0 radical (unpaired) electrons. The summed E-state index contributed by atoms with van der Waals surface area (Å²) in [6, 6.07) is 12.2. The number of aryl methyl sites for hydroxylation is 1. The Bertz CT molecular complexity index is 450. The third-order valence-electron chi connectivity index (χ3n) is 2.55. The number of hydrogen-bond donors (Lipinski definition) is 1. The fraction of sp³-hybridized carbons (Fsp3) is 0.214. The van der Waals surface area contributed by atoms with Crippen LogP contribution in [0.4, 0.5) is 0 Å². The Morgan fingerprint density at radius 2 is 2.00 bits per heavy atom. The Labute approximate surface area is 105 Å². The molecule has 0 spiro atoms. The van der Waals surface area contributed by atoms with Gasteiger partial charge in [-0.2, -0.15) is 11.3 Å². The van der Waals surface area contributed by atoms with E-state index in [0.29, 0.717) is 0 Å². The molecular weight excluding hydrogens is 230 g/mol. The molecule has 1 heterocycles. The number of thiophene rings is 1. The zero-order valence-corrected chi connectivity index (χ0v) is 10.4. The van der Waals surface area contributed by atoms with Crippen LogP contribution in [0.25, 0.3) is 0 Å². The summed E-state index contributed by atoms with van der Waals surface area (Å²) in [7, 11) is 0. The monoisotopic (exact) mass is 245 g/mol. The highest BCUT2D eigenvalue weighted by molar-refractivity contribution is 7.08. The normalized spacial score (nSPS) is 10.1. The molecule has 3 heteroatoms. The minimum atomic E-state index is 0.0271. The van der Waals surface area contributed by atoms with Gasteiger partial charge in [0.1, 0.15) is 0 Å². The molecular formula is C14H15NOS. The van der Waals surface area contributed by atoms with Gasteiger partial charge in [0.15, 0.2) is 0 Å². The minimum absolute atomic E-state index is 0.0271. The number of hydrogen-bond acceptors (Lipinski definition) is 2. The van der Waals surface area contributed by atoms with E-state index in [0.717, 1.165) is 24.9 Å². The lowest BCUT2D eigenvalue weighted by Gasteiger charge is -2.03. The number of benzene rings is 1. The first-order valence-corrected chi connectivity index (χ1v) is 6.65. The van der Waals surface area contributed by atoms with Crippen molar-refractivity contribution in [1.82, 2.24) is 5.32 Å². The van der Waals surface area contributed by atoms with Crippen LogP contribution in [0.5, 0.6) is 0 Å². The Hall–Kier alpha value is -1.61. The Balaban J connectivity index is 1.69. The predicted molar refractivity (Wildman–Crippen MR) is 71.4 cm³/mol. The topological polar surface area (TPSA) is 29.1 Å². The molecule has 0 saturated carbocycles. The van der Waals surface area contributed by atoms with Crippen molar-refractivity contribution < 1.29 is 4.79 Å². The summed E-state index contributed by atoms with van der Waals surface area (Å²) in [5, 5.41) is 6.71. The lowest BCUT2D eigenvalue weighted by atomic mass is 10.1. The zero-order chi connectivity index (χ0) is 11.9. The maximum absolute atomic E-state index is 11.6. The highest BCUT2D eigenvalue weighted by atomic mass is 32.1. The third-order valence-corrected chi connectivity index (χ3v) is 3.24. The standard InChI is InChI=1S/C14H15NOS/c16-14(13-8-10-17-11-13)15-9-4-7-12-5-2-1-3-6-12/h1-3,5-6,8,10-11H,4,7,9H2,(H,15,16). The molecule has 1 amide bonds. The number of amides is 1. The molecule has 0 atom stereocenters. The van der Waals surface area contributed by atoms with Crippen LogP contribution in [-0.2, 0) is 6.42 Å². The number of carbonyl (C=O) groups is 1. The third kappa shape index (κ3) is 3.71. The largest absolute Gasteiger partial charge is 0.352 e. The number of nitrogens with one attached hydrogen (secondary N) is 1. The molecule has 88 valence electrons. The summed E-state index contributed by atoms with van der Waals surface area (Å²) in [6.45, 7) is 0.726. The van der Waals surface area contributed by atoms with Gasteiger partial charge in [0.25, 0.3) is 5.91 Å². The van der Waals surface area contributed by atoms with Crippen LogP contribution in [0.15, 0.2) is 47.2 Å². The van der Waals surface area contributed by atoms with E-state index in [1.807, 2.05) is 35.0 Å². The second kappa shape index (κ2) is 6.21. The van der Waals surface area contributed by atoms with E-state index in [2.05, 4.69) is 17.4 Å². The summed E-state index contributed by atoms with van der Waals surface area (Å²) < 4.78 is 0. The Morgan fingerprint density at radius 1 is 1.18 bits per heavy atom. The van der Waals surface area contributed by atoms with Crippen molar-refractivity contribution in [2.75, 3.05) is 6.54 Å². The van der Waals surface area contributed by atoms with Gasteiger partial charge in [0.05, 0.1) is 0 Å². The van der Waals surface area contributed by atoms with E-state index in [1.54, 1.807) is 11.3 Å². The van der Waals surface area contributed by atoms with Crippen molar-refractivity contribution in [2.24, 2.45) is 0 Å². The first kappa shape index (κ1) is 11.9. The average Bonchev–Trinajstić information content (AvgIpc) is 2.89. The molecule has 0 aliphatic carbocycles. The van der Waals surface area contributed by atoms with Gasteiger partial charge in [0, 0.05) is 17.5 Å². The Kier molecular flexibility index (Phi) is 4.33. The zero-order valence-electron chi connectivity index (χ0n) is 9.56. The first-order chi connectivity index (χ1) is 8.36. The van der Waals surface area contributed by atoms with E-state index < -0.39 is 0 Å². The maximum Gasteiger partial charge on any atom is 0.252 e. The predicted octanol–water partition coefficient (Wildman–Crippen LogP) is 3.11. The lowest BCUT2D eigenvalue weighted by Crippen LogP contribution is -2.24. The van der Waals surface area contributed by atoms with Crippen molar-refractivity contribution in [1.29, 1.82) is 0 Å². The van der Waals surface area contributed by atoms with Gasteiger partial charge in [-0.25, -0.2) is 0 Å². The van der Waals surface area contributed by atoms with E-state index in [1.165, 1.54) is 5.56 Å². The summed E-state index contributed by atoms with van der Waals surface area (Å²) >= 11 is 1.54. The SMILES string of the molecule is O=C(NCCCc1ccccc1)c1ccsc1. The number of carbonyl (C=O) groups excluding carboxylic acids is 1. The maximum atomic E-state index is 11.6. The highest BCUT2D eigenvalue weighted by Gasteiger charge is 2.03. The van der Waals surface area contributed by atoms with E-state index >= 15 is 0 Å². The van der Waals surface area contributed by atoms with Crippen LogP contribution in [0.1, 0.15) is 22.3 Å². The van der Waals surface area contributed by atoms with Crippen molar-refractivity contribution in [2.45, 2.75) is 12.8 Å². The molecule has 0 fully saturated rings. The van der Waals surface area contributed by atoms with Gasteiger partial charge >= 0.3 is 0 Å². The van der Waals surface area contributed by atoms with Gasteiger partial charge in [-0.3, -0.25) is 4.79 Å². The van der Waals surface area contributed by atoms with Gasteiger partial charge in [-0.05, 0) is 29.9 Å². The molecule has 1 aromatic carbocycles. The molecule has 0 aliphatic heterocycles. The quantitative estimate of drug-likeness (QED) is 0.806. The molecule has 17 heavy (non-hydrogen) atoms. The van der Waals surface area contributed by atoms with Crippen molar-refractivity contribution >= 4 is 17.2 Å². The van der Waals surface area contributed by atoms with Crippen molar-refractivity contribution in [3.8, 4) is 0 Å². The Morgan fingerprint density at radius 3 is 2.71 bits per heavy atom. The fourth-order valence-corrected chi connectivity index (χ4v) is 2.27. The summed E-state index contributed by atoms with van der Waals surface area (Å²) in [6.07, 6.45) is 1.98. The van der Waals surface area contributed by atoms with Crippen LogP contribution in [-0.4, -0.2) is 12.5 Å². The summed E-state index contributed by atoms with van der Waals surface area (Å²) in [5.41, 5.74) is 2.08. The van der Waals surface area contributed by atoms with E-state index in [4.69, 9.17) is 0 Å².